The summed E-state index contributed by atoms with van der Waals surface area (Å²) in [5.74, 6) is 1.96. The van der Waals surface area contributed by atoms with Gasteiger partial charge in [-0.15, -0.1) is 0 Å². The van der Waals surface area contributed by atoms with Crippen LogP contribution in [0, 0.1) is 13.8 Å². The maximum atomic E-state index is 13.2. The van der Waals surface area contributed by atoms with Crippen LogP contribution in [0.2, 0.25) is 0 Å². The van der Waals surface area contributed by atoms with E-state index in [4.69, 9.17) is 9.47 Å². The number of rotatable bonds is 11. The number of hydrogen-bond acceptors (Lipinski definition) is 8. The van der Waals surface area contributed by atoms with Gasteiger partial charge in [0.15, 0.2) is 0 Å². The van der Waals surface area contributed by atoms with Crippen LogP contribution in [0.4, 0.5) is 27.9 Å². The molecule has 0 bridgehead atoms. The summed E-state index contributed by atoms with van der Waals surface area (Å²) in [6.45, 7) is 6.46. The predicted octanol–water partition coefficient (Wildman–Crippen LogP) is 7.76. The number of amides is 3. The van der Waals surface area contributed by atoms with E-state index < -0.39 is 6.03 Å². The molecule has 2 heterocycles. The Balaban J connectivity index is 1.19. The van der Waals surface area contributed by atoms with E-state index >= 15 is 0 Å². The average Bonchev–Trinajstić information content (AvgIpc) is 3.47. The second kappa shape index (κ2) is 14.6. The molecule has 6 aromatic rings. The van der Waals surface area contributed by atoms with Gasteiger partial charge in [0.25, 0.3) is 5.91 Å². The van der Waals surface area contributed by atoms with Crippen molar-refractivity contribution in [3.8, 4) is 23.1 Å². The Hall–Kier alpha value is -6.43. The molecule has 12 nitrogen and oxygen atoms in total. The molecule has 12 heteroatoms. The number of benzene rings is 4. The minimum Gasteiger partial charge on any atom is -0.497 e. The number of aryl methyl sites for hydroxylation is 2. The van der Waals surface area contributed by atoms with Gasteiger partial charge >= 0.3 is 6.03 Å². The summed E-state index contributed by atoms with van der Waals surface area (Å²) < 4.78 is 13.3. The number of nitrogens with zero attached hydrogens (tertiary/aromatic N) is 4. The maximum absolute atomic E-state index is 13.2. The van der Waals surface area contributed by atoms with Crippen molar-refractivity contribution in [3.05, 3.63) is 114 Å². The number of aromatic nitrogens is 4. The minimum absolute atomic E-state index is 0.201. The number of fused-ring (bicyclic) bond motifs is 1. The second-order valence-corrected chi connectivity index (χ2v) is 11.3. The highest BCUT2D eigenvalue weighted by Crippen LogP contribution is 2.34. The van der Waals surface area contributed by atoms with Gasteiger partial charge in [0.1, 0.15) is 17.3 Å². The summed E-state index contributed by atoms with van der Waals surface area (Å²) in [4.78, 5) is 34.7. The molecule has 2 aromatic heterocycles. The summed E-state index contributed by atoms with van der Waals surface area (Å²) >= 11 is 0. The van der Waals surface area contributed by atoms with Gasteiger partial charge in [-0.05, 0) is 56.7 Å². The zero-order valence-electron chi connectivity index (χ0n) is 27.6. The third-order valence-corrected chi connectivity index (χ3v) is 7.52. The molecule has 0 atom stereocenters. The van der Waals surface area contributed by atoms with E-state index in [1.807, 2.05) is 75.4 Å². The molecule has 0 unspecified atom stereocenters. The smallest absolute Gasteiger partial charge is 0.324 e. The summed E-state index contributed by atoms with van der Waals surface area (Å²) in [5.41, 5.74) is 4.37. The molecule has 0 aliphatic heterocycles. The molecule has 0 saturated heterocycles. The fourth-order valence-electron chi connectivity index (χ4n) is 5.17. The molecule has 0 aliphatic rings. The molecular weight excluding hydrogens is 620 g/mol. The summed E-state index contributed by atoms with van der Waals surface area (Å²) in [5, 5.41) is 18.0. The maximum Gasteiger partial charge on any atom is 0.324 e. The molecule has 0 aliphatic carbocycles. The van der Waals surface area contributed by atoms with Crippen molar-refractivity contribution in [2.45, 2.75) is 27.2 Å². The quantitative estimate of drug-likeness (QED) is 0.111. The van der Waals surface area contributed by atoms with E-state index in [1.54, 1.807) is 54.4 Å². The number of hydrogen-bond donors (Lipinski definition) is 4. The number of carbonyl (C=O) groups is 2. The molecule has 0 saturated carbocycles. The van der Waals surface area contributed by atoms with E-state index in [9.17, 15) is 9.59 Å². The lowest BCUT2D eigenvalue weighted by Crippen LogP contribution is -2.24. The van der Waals surface area contributed by atoms with Crippen molar-refractivity contribution < 1.29 is 19.1 Å². The van der Waals surface area contributed by atoms with E-state index in [2.05, 4.69) is 36.3 Å². The van der Waals surface area contributed by atoms with Crippen molar-refractivity contribution >= 4 is 45.9 Å². The van der Waals surface area contributed by atoms with E-state index in [0.29, 0.717) is 46.7 Å². The Kier molecular flexibility index (Phi) is 9.65. The van der Waals surface area contributed by atoms with Crippen LogP contribution in [0.25, 0.3) is 16.5 Å². The van der Waals surface area contributed by atoms with Crippen LogP contribution in [0.15, 0.2) is 97.2 Å². The Morgan fingerprint density at radius 3 is 2.45 bits per heavy atom. The highest BCUT2D eigenvalue weighted by Gasteiger charge is 2.15. The summed E-state index contributed by atoms with van der Waals surface area (Å²) in [7, 11) is 1.54. The normalized spacial score (nSPS) is 10.8. The molecule has 0 fully saturated rings. The van der Waals surface area contributed by atoms with Gasteiger partial charge in [-0.1, -0.05) is 48.9 Å². The Morgan fingerprint density at radius 1 is 0.878 bits per heavy atom. The fourth-order valence-corrected chi connectivity index (χ4v) is 5.17. The van der Waals surface area contributed by atoms with Gasteiger partial charge in [-0.3, -0.25) is 10.1 Å². The lowest BCUT2D eigenvalue weighted by molar-refractivity contribution is 0.0953. The number of anilines is 4. The molecule has 49 heavy (non-hydrogen) atoms. The zero-order valence-corrected chi connectivity index (χ0v) is 27.6. The molecule has 0 radical (unpaired) electrons. The van der Waals surface area contributed by atoms with Gasteiger partial charge in [0, 0.05) is 53.0 Å². The van der Waals surface area contributed by atoms with Crippen molar-refractivity contribution in [1.82, 2.24) is 25.1 Å². The molecule has 6 rings (SSSR count). The van der Waals surface area contributed by atoms with Crippen molar-refractivity contribution in [2.75, 3.05) is 29.6 Å². The first-order valence-electron chi connectivity index (χ1n) is 15.8. The van der Waals surface area contributed by atoms with Gasteiger partial charge in [0.2, 0.25) is 11.8 Å². The van der Waals surface area contributed by atoms with Gasteiger partial charge < -0.3 is 25.4 Å². The van der Waals surface area contributed by atoms with E-state index in [0.717, 1.165) is 34.1 Å². The van der Waals surface area contributed by atoms with Crippen LogP contribution >= 0.6 is 0 Å². The predicted molar refractivity (Wildman–Crippen MR) is 191 cm³/mol. The zero-order chi connectivity index (χ0) is 34.3. The third-order valence-electron chi connectivity index (χ3n) is 7.52. The SMILES string of the molecule is CCCNC(=O)c1cc(Nc2nccc(Oc3ccc(NC(=O)Nc4cc(C)nn4-c4ccc(C)cc4)c4ccccc34)n2)cc(OC)c1. The molecule has 0 spiro atoms. The molecule has 3 amide bonds. The van der Waals surface area contributed by atoms with Gasteiger partial charge in [-0.25, -0.2) is 14.5 Å². The largest absolute Gasteiger partial charge is 0.497 e. The number of urea groups is 1. The van der Waals surface area contributed by atoms with Crippen LogP contribution in [-0.4, -0.2) is 45.3 Å². The van der Waals surface area contributed by atoms with Crippen molar-refractivity contribution in [3.63, 3.8) is 0 Å². The molecule has 4 N–H and O–H groups in total. The fraction of sp³-hybridized carbons (Fsp3) is 0.162. The first-order valence-corrected chi connectivity index (χ1v) is 15.8. The highest BCUT2D eigenvalue weighted by molar-refractivity contribution is 6.07. The highest BCUT2D eigenvalue weighted by atomic mass is 16.5. The first kappa shape index (κ1) is 32.5. The average molecular weight is 657 g/mol. The van der Waals surface area contributed by atoms with Crippen LogP contribution < -0.4 is 30.7 Å². The van der Waals surface area contributed by atoms with Crippen molar-refractivity contribution in [2.24, 2.45) is 0 Å². The van der Waals surface area contributed by atoms with E-state index in [1.165, 1.54) is 0 Å². The first-order chi connectivity index (χ1) is 23.8. The standard InChI is InChI=1S/C37H36N8O4/c1-5-17-38-35(46)25-20-26(22-28(21-25)48-4)40-36-39-18-16-34(43-36)49-32-15-14-31(29-8-6-7-9-30(29)32)41-37(47)42-33-19-24(3)44-45(33)27-12-10-23(2)11-13-27/h6-16,18-22H,5,17H2,1-4H3,(H,38,46)(H,39,40,43)(H2,41,42,47). The number of methoxy groups -OCH3 is 1. The van der Waals surface area contributed by atoms with E-state index in [-0.39, 0.29) is 11.9 Å². The van der Waals surface area contributed by atoms with Gasteiger partial charge in [-0.2, -0.15) is 10.1 Å². The number of nitrogens with one attached hydrogen (secondary N) is 4. The molecule has 248 valence electrons. The van der Waals surface area contributed by atoms with Crippen LogP contribution in [-0.2, 0) is 0 Å². The van der Waals surface area contributed by atoms with Crippen LogP contribution in [0.3, 0.4) is 0 Å². The lowest BCUT2D eigenvalue weighted by Gasteiger charge is -2.14. The molecule has 4 aromatic carbocycles. The number of ether oxygens (including phenoxy) is 2. The minimum atomic E-state index is -0.415. The molecular formula is C37H36N8O4. The van der Waals surface area contributed by atoms with Crippen LogP contribution in [0.5, 0.6) is 17.4 Å². The lowest BCUT2D eigenvalue weighted by atomic mass is 10.1. The monoisotopic (exact) mass is 656 g/mol. The Bertz CT molecular complexity index is 2130. The second-order valence-electron chi connectivity index (χ2n) is 11.3. The van der Waals surface area contributed by atoms with Crippen LogP contribution in [0.1, 0.15) is 35.0 Å². The van der Waals surface area contributed by atoms with Crippen molar-refractivity contribution in [1.29, 1.82) is 0 Å². The Morgan fingerprint density at radius 2 is 1.67 bits per heavy atom. The number of carbonyl (C=O) groups excluding carboxylic acids is 2. The topological polar surface area (TPSA) is 144 Å². The van der Waals surface area contributed by atoms with Gasteiger partial charge in [0.05, 0.1) is 24.2 Å². The third kappa shape index (κ3) is 7.76. The summed E-state index contributed by atoms with van der Waals surface area (Å²) in [6, 6.07) is 27.2. The summed E-state index contributed by atoms with van der Waals surface area (Å²) in [6.07, 6.45) is 2.40. The Labute approximate surface area is 283 Å².